The summed E-state index contributed by atoms with van der Waals surface area (Å²) in [6.07, 6.45) is 12.0. The number of unbranched alkanes of at least 4 members (excludes halogenated alkanes) is 8. The number of rotatable bonds is 12. The van der Waals surface area contributed by atoms with Gasteiger partial charge in [0.1, 0.15) is 5.82 Å². The Morgan fingerprint density at radius 3 is 2.32 bits per heavy atom. The molecular formula is C21H33N3O. The van der Waals surface area contributed by atoms with Crippen molar-refractivity contribution in [3.63, 3.8) is 0 Å². The lowest BCUT2D eigenvalue weighted by Gasteiger charge is -2.09. The number of hydrogen-bond donors (Lipinski definition) is 1. The summed E-state index contributed by atoms with van der Waals surface area (Å²) >= 11 is 0. The molecule has 25 heavy (non-hydrogen) atoms. The molecule has 0 spiro atoms. The maximum absolute atomic E-state index is 11.2. The molecular weight excluding hydrogens is 310 g/mol. The number of nitrogens with one attached hydrogen (secondary N) is 1. The molecule has 0 fully saturated rings. The normalized spacial score (nSPS) is 11.1. The Morgan fingerprint density at radius 2 is 1.64 bits per heavy atom. The average molecular weight is 344 g/mol. The van der Waals surface area contributed by atoms with Crippen molar-refractivity contribution in [3.8, 4) is 0 Å². The molecule has 0 unspecified atom stereocenters. The fourth-order valence-corrected chi connectivity index (χ4v) is 3.29. The van der Waals surface area contributed by atoms with Crippen LogP contribution < -0.4 is 5.32 Å². The van der Waals surface area contributed by atoms with Crippen molar-refractivity contribution in [3.05, 3.63) is 30.1 Å². The molecule has 1 amide bonds. The van der Waals surface area contributed by atoms with Crippen molar-refractivity contribution in [2.75, 3.05) is 0 Å². The van der Waals surface area contributed by atoms with Crippen molar-refractivity contribution < 1.29 is 4.79 Å². The molecule has 0 saturated carbocycles. The van der Waals surface area contributed by atoms with Crippen LogP contribution in [0.1, 0.15) is 77.5 Å². The third-order valence-electron chi connectivity index (χ3n) is 4.71. The van der Waals surface area contributed by atoms with Crippen LogP contribution in [0.3, 0.4) is 0 Å². The minimum Gasteiger partial charge on any atom is -0.349 e. The maximum atomic E-state index is 11.2. The predicted molar refractivity (Wildman–Crippen MR) is 104 cm³/mol. The number of fused-ring (bicyclic) bond motifs is 1. The van der Waals surface area contributed by atoms with Crippen molar-refractivity contribution in [2.45, 2.75) is 84.7 Å². The van der Waals surface area contributed by atoms with Gasteiger partial charge >= 0.3 is 0 Å². The summed E-state index contributed by atoms with van der Waals surface area (Å²) in [6, 6.07) is 8.23. The summed E-state index contributed by atoms with van der Waals surface area (Å²) in [7, 11) is 0. The van der Waals surface area contributed by atoms with E-state index in [4.69, 9.17) is 0 Å². The highest BCUT2D eigenvalue weighted by molar-refractivity contribution is 5.76. The summed E-state index contributed by atoms with van der Waals surface area (Å²) in [5, 5.41) is 2.88. The van der Waals surface area contributed by atoms with Gasteiger partial charge in [0, 0.05) is 13.5 Å². The molecule has 0 atom stereocenters. The van der Waals surface area contributed by atoms with E-state index in [9.17, 15) is 4.79 Å². The summed E-state index contributed by atoms with van der Waals surface area (Å²) < 4.78 is 2.27. The second-order valence-electron chi connectivity index (χ2n) is 6.91. The molecule has 0 aliphatic heterocycles. The molecule has 2 rings (SSSR count). The first-order chi connectivity index (χ1) is 12.2. The summed E-state index contributed by atoms with van der Waals surface area (Å²) in [4.78, 5) is 15.9. The van der Waals surface area contributed by atoms with Gasteiger partial charge in [-0.15, -0.1) is 0 Å². The number of aryl methyl sites for hydroxylation is 1. The van der Waals surface area contributed by atoms with Gasteiger partial charge in [-0.25, -0.2) is 4.98 Å². The van der Waals surface area contributed by atoms with Crippen LogP contribution in [0.5, 0.6) is 0 Å². The molecule has 4 nitrogen and oxygen atoms in total. The highest BCUT2D eigenvalue weighted by Gasteiger charge is 2.10. The Bertz CT molecular complexity index is 648. The van der Waals surface area contributed by atoms with Gasteiger partial charge in [0.25, 0.3) is 0 Å². The van der Waals surface area contributed by atoms with E-state index in [2.05, 4.69) is 33.9 Å². The lowest BCUT2D eigenvalue weighted by molar-refractivity contribution is -0.119. The van der Waals surface area contributed by atoms with Gasteiger partial charge in [0.2, 0.25) is 5.91 Å². The minimum absolute atomic E-state index is 0.0123. The van der Waals surface area contributed by atoms with Gasteiger partial charge in [-0.1, -0.05) is 70.4 Å². The number of imidazole rings is 1. The van der Waals surface area contributed by atoms with Crippen LogP contribution in [0.15, 0.2) is 24.3 Å². The summed E-state index contributed by atoms with van der Waals surface area (Å²) in [6.45, 7) is 5.29. The number of amides is 1. The lowest BCUT2D eigenvalue weighted by Crippen LogP contribution is -2.21. The second kappa shape index (κ2) is 10.9. The van der Waals surface area contributed by atoms with Gasteiger partial charge in [0.05, 0.1) is 17.6 Å². The van der Waals surface area contributed by atoms with E-state index in [-0.39, 0.29) is 5.91 Å². The number of hydrogen-bond acceptors (Lipinski definition) is 2. The van der Waals surface area contributed by atoms with Crippen LogP contribution >= 0.6 is 0 Å². The third kappa shape index (κ3) is 6.52. The largest absolute Gasteiger partial charge is 0.349 e. The van der Waals surface area contributed by atoms with Crippen molar-refractivity contribution >= 4 is 16.9 Å². The van der Waals surface area contributed by atoms with Crippen molar-refractivity contribution in [2.24, 2.45) is 0 Å². The van der Waals surface area contributed by atoms with Gasteiger partial charge in [-0.05, 0) is 18.6 Å². The van der Waals surface area contributed by atoms with Crippen LogP contribution in [-0.2, 0) is 17.9 Å². The fourth-order valence-electron chi connectivity index (χ4n) is 3.29. The summed E-state index contributed by atoms with van der Waals surface area (Å²) in [5.41, 5.74) is 2.18. The molecule has 0 saturated heterocycles. The van der Waals surface area contributed by atoms with Crippen molar-refractivity contribution in [1.29, 1.82) is 0 Å². The Labute approximate surface area is 152 Å². The summed E-state index contributed by atoms with van der Waals surface area (Å²) in [5.74, 6) is 0.942. The molecule has 2 aromatic rings. The van der Waals surface area contributed by atoms with Crippen LogP contribution in [0.4, 0.5) is 0 Å². The van der Waals surface area contributed by atoms with Crippen LogP contribution in [0, 0.1) is 0 Å². The zero-order valence-corrected chi connectivity index (χ0v) is 15.9. The Kier molecular flexibility index (Phi) is 8.50. The first-order valence-corrected chi connectivity index (χ1v) is 9.91. The van der Waals surface area contributed by atoms with E-state index in [1.54, 1.807) is 6.92 Å². The van der Waals surface area contributed by atoms with Gasteiger partial charge < -0.3 is 9.88 Å². The number of aromatic nitrogens is 2. The smallest absolute Gasteiger partial charge is 0.217 e. The number of nitrogens with zero attached hydrogens (tertiary/aromatic N) is 2. The fraction of sp³-hybridized carbons (Fsp3) is 0.619. The average Bonchev–Trinajstić information content (AvgIpc) is 2.96. The van der Waals surface area contributed by atoms with Crippen LogP contribution in [0.2, 0.25) is 0 Å². The Balaban J connectivity index is 1.80. The monoisotopic (exact) mass is 343 g/mol. The third-order valence-corrected chi connectivity index (χ3v) is 4.71. The van der Waals surface area contributed by atoms with E-state index < -0.39 is 0 Å². The Morgan fingerprint density at radius 1 is 1.00 bits per heavy atom. The van der Waals surface area contributed by atoms with Crippen LogP contribution in [0.25, 0.3) is 11.0 Å². The molecule has 0 radical (unpaired) electrons. The van der Waals surface area contributed by atoms with Gasteiger partial charge in [-0.3, -0.25) is 4.79 Å². The first kappa shape index (κ1) is 19.5. The van der Waals surface area contributed by atoms with Crippen molar-refractivity contribution in [1.82, 2.24) is 14.9 Å². The zero-order valence-electron chi connectivity index (χ0n) is 15.9. The number of carbonyl (C=O) groups is 1. The second-order valence-corrected chi connectivity index (χ2v) is 6.91. The highest BCUT2D eigenvalue weighted by atomic mass is 16.1. The Hall–Kier alpha value is -1.84. The van der Waals surface area contributed by atoms with E-state index in [1.807, 2.05) is 12.1 Å². The SMILES string of the molecule is CCCCCCCCCCCn1c(CNC(C)=O)nc2ccccc21. The molecule has 1 aromatic carbocycles. The molecule has 0 aliphatic carbocycles. The highest BCUT2D eigenvalue weighted by Crippen LogP contribution is 2.18. The standard InChI is InChI=1S/C21H33N3O/c1-3-4-5-6-7-8-9-10-13-16-24-20-15-12-11-14-19(20)23-21(24)17-22-18(2)25/h11-12,14-15H,3-10,13,16-17H2,1-2H3,(H,22,25). The zero-order chi connectivity index (χ0) is 17.9. The number of benzene rings is 1. The van der Waals surface area contributed by atoms with Gasteiger partial charge in [0.15, 0.2) is 0 Å². The van der Waals surface area contributed by atoms with E-state index in [1.165, 1.54) is 63.3 Å². The van der Waals surface area contributed by atoms with E-state index in [0.717, 1.165) is 17.9 Å². The number of carbonyl (C=O) groups excluding carboxylic acids is 1. The molecule has 0 aliphatic rings. The van der Waals surface area contributed by atoms with E-state index >= 15 is 0 Å². The lowest BCUT2D eigenvalue weighted by atomic mass is 10.1. The predicted octanol–water partition coefficient (Wildman–Crippen LogP) is 5.20. The molecule has 1 N–H and O–H groups in total. The quantitative estimate of drug-likeness (QED) is 0.538. The minimum atomic E-state index is -0.0123. The van der Waals surface area contributed by atoms with Gasteiger partial charge in [-0.2, -0.15) is 0 Å². The van der Waals surface area contributed by atoms with Crippen LogP contribution in [-0.4, -0.2) is 15.5 Å². The molecule has 138 valence electrons. The van der Waals surface area contributed by atoms with E-state index in [0.29, 0.717) is 6.54 Å². The number of para-hydroxylation sites is 2. The maximum Gasteiger partial charge on any atom is 0.217 e. The molecule has 0 bridgehead atoms. The topological polar surface area (TPSA) is 46.9 Å². The molecule has 4 heteroatoms. The molecule has 1 heterocycles. The first-order valence-electron chi connectivity index (χ1n) is 9.91. The molecule has 1 aromatic heterocycles.